The molecular weight excluding hydrogens is 271 g/mol. The third-order valence-electron chi connectivity index (χ3n) is 2.85. The van der Waals surface area contributed by atoms with Crippen LogP contribution in [0, 0.1) is 24.1 Å². The number of carbonyl (C=O) groups is 1. The number of nitrogens with zero attached hydrogens (tertiary/aromatic N) is 1. The summed E-state index contributed by atoms with van der Waals surface area (Å²) in [6, 6.07) is 13.0. The predicted octanol–water partition coefficient (Wildman–Crippen LogP) is 3.29. The Morgan fingerprint density at radius 3 is 2.67 bits per heavy atom. The first-order valence-electron chi connectivity index (χ1n) is 6.28. The summed E-state index contributed by atoms with van der Waals surface area (Å²) in [5.74, 6) is -0.512. The Labute approximate surface area is 121 Å². The highest BCUT2D eigenvalue weighted by atomic mass is 19.1. The number of halogens is 1. The van der Waals surface area contributed by atoms with Crippen LogP contribution in [-0.2, 0) is 0 Å². The minimum absolute atomic E-state index is 0.000179. The molecule has 0 atom stereocenters. The number of hydrogen-bond acceptors (Lipinski definition) is 3. The van der Waals surface area contributed by atoms with Crippen molar-refractivity contribution < 1.29 is 13.9 Å². The molecule has 0 bridgehead atoms. The van der Waals surface area contributed by atoms with Gasteiger partial charge in [0.25, 0.3) is 5.91 Å². The van der Waals surface area contributed by atoms with Gasteiger partial charge in [-0.05, 0) is 42.8 Å². The molecule has 0 radical (unpaired) electrons. The number of carbonyl (C=O) groups excluding carboxylic acids is 1. The highest BCUT2D eigenvalue weighted by Gasteiger charge is 2.13. The SMILES string of the molecule is Cc1cccc(C(=O)Nc2ccc(OCC#N)cc2)c1F. The summed E-state index contributed by atoms with van der Waals surface area (Å²) in [6.45, 7) is 1.56. The van der Waals surface area contributed by atoms with Crippen molar-refractivity contribution in [3.63, 3.8) is 0 Å². The Bertz CT molecular complexity index is 690. The van der Waals surface area contributed by atoms with E-state index < -0.39 is 11.7 Å². The molecule has 5 heteroatoms. The van der Waals surface area contributed by atoms with Crippen molar-refractivity contribution in [1.82, 2.24) is 0 Å². The Morgan fingerprint density at radius 2 is 2.00 bits per heavy atom. The van der Waals surface area contributed by atoms with Gasteiger partial charge in [-0.3, -0.25) is 4.79 Å². The van der Waals surface area contributed by atoms with Crippen LogP contribution >= 0.6 is 0 Å². The number of benzene rings is 2. The molecule has 0 heterocycles. The van der Waals surface area contributed by atoms with Gasteiger partial charge in [-0.25, -0.2) is 4.39 Å². The van der Waals surface area contributed by atoms with Gasteiger partial charge in [0.05, 0.1) is 5.56 Å². The van der Waals surface area contributed by atoms with E-state index in [-0.39, 0.29) is 12.2 Å². The Morgan fingerprint density at radius 1 is 1.29 bits per heavy atom. The van der Waals surface area contributed by atoms with Gasteiger partial charge in [0.15, 0.2) is 6.61 Å². The molecule has 4 nitrogen and oxygen atoms in total. The third-order valence-corrected chi connectivity index (χ3v) is 2.85. The summed E-state index contributed by atoms with van der Waals surface area (Å²) < 4.78 is 18.9. The van der Waals surface area contributed by atoms with Crippen LogP contribution < -0.4 is 10.1 Å². The molecule has 0 aliphatic rings. The lowest BCUT2D eigenvalue weighted by molar-refractivity contribution is 0.102. The van der Waals surface area contributed by atoms with E-state index in [1.807, 2.05) is 6.07 Å². The summed E-state index contributed by atoms with van der Waals surface area (Å²) in [6.07, 6.45) is 0. The smallest absolute Gasteiger partial charge is 0.258 e. The molecule has 1 amide bonds. The van der Waals surface area contributed by atoms with E-state index in [2.05, 4.69) is 5.32 Å². The minimum Gasteiger partial charge on any atom is -0.479 e. The van der Waals surface area contributed by atoms with Crippen molar-refractivity contribution in [2.75, 3.05) is 11.9 Å². The summed E-state index contributed by atoms with van der Waals surface area (Å²) in [7, 11) is 0. The van der Waals surface area contributed by atoms with Crippen molar-refractivity contribution >= 4 is 11.6 Å². The molecular formula is C16H13FN2O2. The predicted molar refractivity (Wildman–Crippen MR) is 76.6 cm³/mol. The fourth-order valence-electron chi connectivity index (χ4n) is 1.77. The lowest BCUT2D eigenvalue weighted by Crippen LogP contribution is -2.14. The van der Waals surface area contributed by atoms with Gasteiger partial charge in [0.1, 0.15) is 17.6 Å². The molecule has 21 heavy (non-hydrogen) atoms. The zero-order valence-corrected chi connectivity index (χ0v) is 11.4. The number of rotatable bonds is 4. The normalized spacial score (nSPS) is 9.76. The molecule has 2 rings (SSSR count). The average Bonchev–Trinajstić information content (AvgIpc) is 2.49. The standard InChI is InChI=1S/C16H13FN2O2/c1-11-3-2-4-14(15(11)17)16(20)19-12-5-7-13(8-6-12)21-10-9-18/h2-8H,10H2,1H3,(H,19,20). The van der Waals surface area contributed by atoms with Crippen molar-refractivity contribution in [2.45, 2.75) is 6.92 Å². The topological polar surface area (TPSA) is 62.1 Å². The van der Waals surface area contributed by atoms with Gasteiger partial charge in [0.2, 0.25) is 0 Å². The largest absolute Gasteiger partial charge is 0.479 e. The molecule has 1 N–H and O–H groups in total. The summed E-state index contributed by atoms with van der Waals surface area (Å²) in [5.41, 5.74) is 0.938. The summed E-state index contributed by atoms with van der Waals surface area (Å²) >= 11 is 0. The first-order valence-corrected chi connectivity index (χ1v) is 6.28. The van der Waals surface area contributed by atoms with Crippen LogP contribution in [0.4, 0.5) is 10.1 Å². The van der Waals surface area contributed by atoms with Gasteiger partial charge < -0.3 is 10.1 Å². The van der Waals surface area contributed by atoms with Gasteiger partial charge in [0, 0.05) is 5.69 Å². The van der Waals surface area contributed by atoms with Crippen LogP contribution in [0.2, 0.25) is 0 Å². The van der Waals surface area contributed by atoms with Crippen molar-refractivity contribution in [3.8, 4) is 11.8 Å². The molecule has 0 spiro atoms. The Kier molecular flexibility index (Phi) is 4.52. The Balaban J connectivity index is 2.09. The van der Waals surface area contributed by atoms with E-state index in [4.69, 9.17) is 10.00 Å². The molecule has 106 valence electrons. The first-order chi connectivity index (χ1) is 10.1. The zero-order valence-electron chi connectivity index (χ0n) is 11.4. The Hall–Kier alpha value is -2.87. The molecule has 0 saturated carbocycles. The molecule has 2 aromatic rings. The molecule has 2 aromatic carbocycles. The van der Waals surface area contributed by atoms with Gasteiger partial charge >= 0.3 is 0 Å². The molecule has 0 aliphatic heterocycles. The number of nitriles is 1. The van der Waals surface area contributed by atoms with E-state index in [9.17, 15) is 9.18 Å². The maximum atomic E-state index is 13.8. The zero-order chi connectivity index (χ0) is 15.2. The molecule has 0 aromatic heterocycles. The fourth-order valence-corrected chi connectivity index (χ4v) is 1.77. The quantitative estimate of drug-likeness (QED) is 0.937. The van der Waals surface area contributed by atoms with Crippen LogP contribution in [0.5, 0.6) is 5.75 Å². The third kappa shape index (κ3) is 3.57. The van der Waals surface area contributed by atoms with Crippen molar-refractivity contribution in [3.05, 3.63) is 59.4 Å². The van der Waals surface area contributed by atoms with E-state index in [1.165, 1.54) is 6.07 Å². The van der Waals surface area contributed by atoms with Crippen molar-refractivity contribution in [1.29, 1.82) is 5.26 Å². The lowest BCUT2D eigenvalue weighted by atomic mass is 10.1. The second kappa shape index (κ2) is 6.53. The molecule has 0 saturated heterocycles. The van der Waals surface area contributed by atoms with Gasteiger partial charge in [-0.2, -0.15) is 5.26 Å². The monoisotopic (exact) mass is 284 g/mol. The molecule has 0 unspecified atom stereocenters. The van der Waals surface area contributed by atoms with E-state index >= 15 is 0 Å². The lowest BCUT2D eigenvalue weighted by Gasteiger charge is -2.08. The van der Waals surface area contributed by atoms with E-state index in [0.717, 1.165) is 0 Å². The maximum absolute atomic E-state index is 13.8. The number of hydrogen-bond donors (Lipinski definition) is 1. The van der Waals surface area contributed by atoms with Crippen LogP contribution in [0.3, 0.4) is 0 Å². The average molecular weight is 284 g/mol. The number of aryl methyl sites for hydroxylation is 1. The number of anilines is 1. The van der Waals surface area contributed by atoms with E-state index in [0.29, 0.717) is 17.0 Å². The number of nitrogens with one attached hydrogen (secondary N) is 1. The summed E-state index contributed by atoms with van der Waals surface area (Å²) in [5, 5.41) is 11.0. The van der Waals surface area contributed by atoms with Gasteiger partial charge in [-0.15, -0.1) is 0 Å². The van der Waals surface area contributed by atoms with Crippen LogP contribution in [0.1, 0.15) is 15.9 Å². The van der Waals surface area contributed by atoms with Gasteiger partial charge in [-0.1, -0.05) is 12.1 Å². The fraction of sp³-hybridized carbons (Fsp3) is 0.125. The van der Waals surface area contributed by atoms with Crippen LogP contribution in [0.25, 0.3) is 0 Å². The highest BCUT2D eigenvalue weighted by molar-refractivity contribution is 6.04. The maximum Gasteiger partial charge on any atom is 0.258 e. The molecule has 0 fully saturated rings. The highest BCUT2D eigenvalue weighted by Crippen LogP contribution is 2.18. The van der Waals surface area contributed by atoms with Crippen LogP contribution in [-0.4, -0.2) is 12.5 Å². The summed E-state index contributed by atoms with van der Waals surface area (Å²) in [4.78, 5) is 12.0. The minimum atomic E-state index is -0.524. The second-order valence-electron chi connectivity index (χ2n) is 4.36. The van der Waals surface area contributed by atoms with Crippen molar-refractivity contribution in [2.24, 2.45) is 0 Å². The first kappa shape index (κ1) is 14.5. The van der Waals surface area contributed by atoms with Crippen LogP contribution in [0.15, 0.2) is 42.5 Å². The second-order valence-corrected chi connectivity index (χ2v) is 4.36. The van der Waals surface area contributed by atoms with E-state index in [1.54, 1.807) is 43.3 Å². The number of ether oxygens (including phenoxy) is 1. The number of amides is 1. The molecule has 0 aliphatic carbocycles.